The lowest BCUT2D eigenvalue weighted by molar-refractivity contribution is -0.138. The van der Waals surface area contributed by atoms with E-state index >= 15 is 0 Å². The molecule has 122 valence electrons. The minimum absolute atomic E-state index is 0.0647. The van der Waals surface area contributed by atoms with Gasteiger partial charge in [0.25, 0.3) is 0 Å². The largest absolute Gasteiger partial charge is 0.466 e. The number of rotatable bonds is 1. The van der Waals surface area contributed by atoms with Crippen LogP contribution in [0.15, 0.2) is 45.5 Å². The molecule has 1 spiro atoms. The van der Waals surface area contributed by atoms with E-state index < -0.39 is 17.3 Å². The molecule has 0 fully saturated rings. The van der Waals surface area contributed by atoms with Gasteiger partial charge in [0.1, 0.15) is 23.0 Å². The number of esters is 1. The number of nitrogens with one attached hydrogen (secondary N) is 1. The third kappa shape index (κ3) is 1.88. The third-order valence-corrected chi connectivity index (χ3v) is 4.58. The molecule has 8 heteroatoms. The summed E-state index contributed by atoms with van der Waals surface area (Å²) in [6, 6.07) is 7.00. The second-order valence-corrected chi connectivity index (χ2v) is 6.19. The third-order valence-electron chi connectivity index (χ3n) is 4.09. The van der Waals surface area contributed by atoms with Crippen LogP contribution in [0.1, 0.15) is 12.5 Å². The van der Waals surface area contributed by atoms with Gasteiger partial charge in [0.05, 0.1) is 7.11 Å². The van der Waals surface area contributed by atoms with Crippen molar-refractivity contribution in [3.63, 3.8) is 0 Å². The van der Waals surface area contributed by atoms with Crippen molar-refractivity contribution in [1.82, 2.24) is 0 Å². The Morgan fingerprint density at radius 2 is 2.21 bits per heavy atom. The molecule has 2 aliphatic heterocycles. The van der Waals surface area contributed by atoms with Crippen molar-refractivity contribution in [1.29, 1.82) is 5.26 Å². The lowest BCUT2D eigenvalue weighted by Gasteiger charge is -2.33. The molecule has 1 aromatic carbocycles. The number of carbonyl (C=O) groups is 2. The predicted octanol–water partition coefficient (Wildman–Crippen LogP) is 1.81. The Balaban J connectivity index is 2.46. The normalized spacial score (nSPS) is 22.0. The van der Waals surface area contributed by atoms with Crippen LogP contribution >= 0.6 is 15.9 Å². The number of ether oxygens (including phenoxy) is 2. The monoisotopic (exact) mass is 389 g/mol. The minimum Gasteiger partial charge on any atom is -0.466 e. The molecule has 0 aliphatic carbocycles. The number of nitrogens with zero attached hydrogens (tertiary/aromatic N) is 1. The summed E-state index contributed by atoms with van der Waals surface area (Å²) in [4.78, 5) is 25.4. The van der Waals surface area contributed by atoms with E-state index in [9.17, 15) is 14.9 Å². The second kappa shape index (κ2) is 5.39. The van der Waals surface area contributed by atoms with Crippen LogP contribution in [-0.4, -0.2) is 19.0 Å². The van der Waals surface area contributed by atoms with Crippen molar-refractivity contribution >= 4 is 33.5 Å². The summed E-state index contributed by atoms with van der Waals surface area (Å²) in [5.74, 6) is -1.43. The second-order valence-electron chi connectivity index (χ2n) is 5.27. The van der Waals surface area contributed by atoms with Gasteiger partial charge in [0.2, 0.25) is 11.8 Å². The van der Waals surface area contributed by atoms with Crippen LogP contribution in [0.5, 0.6) is 0 Å². The number of benzene rings is 1. The average molecular weight is 390 g/mol. The number of nitrogens with two attached hydrogens (primary N) is 1. The SMILES string of the molecule is COC(=O)C1=C(C)OC(N)=C(C#N)C12C(=O)Nc1ccc(Br)cc12. The highest BCUT2D eigenvalue weighted by Gasteiger charge is 2.59. The van der Waals surface area contributed by atoms with Gasteiger partial charge in [-0.1, -0.05) is 15.9 Å². The first-order chi connectivity index (χ1) is 11.4. The van der Waals surface area contributed by atoms with Gasteiger partial charge in [0, 0.05) is 15.7 Å². The number of anilines is 1. The lowest BCUT2D eigenvalue weighted by Crippen LogP contribution is -2.45. The van der Waals surface area contributed by atoms with Crippen LogP contribution < -0.4 is 11.1 Å². The molecule has 0 saturated heterocycles. The Labute approximate surface area is 145 Å². The quantitative estimate of drug-likeness (QED) is 0.707. The van der Waals surface area contributed by atoms with E-state index in [0.717, 1.165) is 0 Å². The minimum atomic E-state index is -1.70. The van der Waals surface area contributed by atoms with Crippen LogP contribution in [0.3, 0.4) is 0 Å². The van der Waals surface area contributed by atoms with Gasteiger partial charge >= 0.3 is 5.97 Å². The maximum absolute atomic E-state index is 12.9. The summed E-state index contributed by atoms with van der Waals surface area (Å²) >= 11 is 3.35. The highest BCUT2D eigenvalue weighted by Crippen LogP contribution is 2.52. The van der Waals surface area contributed by atoms with Crippen molar-refractivity contribution in [2.24, 2.45) is 5.73 Å². The zero-order valence-electron chi connectivity index (χ0n) is 12.8. The van der Waals surface area contributed by atoms with Crippen molar-refractivity contribution in [2.75, 3.05) is 12.4 Å². The van der Waals surface area contributed by atoms with Crippen molar-refractivity contribution in [3.05, 3.63) is 51.0 Å². The lowest BCUT2D eigenvalue weighted by atomic mass is 9.68. The van der Waals surface area contributed by atoms with Gasteiger partial charge < -0.3 is 20.5 Å². The Morgan fingerprint density at radius 3 is 2.83 bits per heavy atom. The summed E-state index contributed by atoms with van der Waals surface area (Å²) < 4.78 is 10.8. The number of amides is 1. The number of carbonyl (C=O) groups excluding carboxylic acids is 2. The Hall–Kier alpha value is -2.79. The number of methoxy groups -OCH3 is 1. The summed E-state index contributed by atoms with van der Waals surface area (Å²) in [5, 5.41) is 12.3. The van der Waals surface area contributed by atoms with Crippen LogP contribution in [0.25, 0.3) is 0 Å². The molecule has 3 N–H and O–H groups in total. The highest BCUT2D eigenvalue weighted by atomic mass is 79.9. The molecule has 2 heterocycles. The zero-order valence-corrected chi connectivity index (χ0v) is 14.4. The molecule has 1 amide bonds. The van der Waals surface area contributed by atoms with Gasteiger partial charge in [-0.15, -0.1) is 0 Å². The highest BCUT2D eigenvalue weighted by molar-refractivity contribution is 9.10. The van der Waals surface area contributed by atoms with Gasteiger partial charge in [0.15, 0.2) is 5.41 Å². The molecule has 0 aromatic heterocycles. The molecule has 0 bridgehead atoms. The van der Waals surface area contributed by atoms with E-state index in [0.29, 0.717) is 15.7 Å². The van der Waals surface area contributed by atoms with E-state index in [1.54, 1.807) is 18.2 Å². The van der Waals surface area contributed by atoms with E-state index in [-0.39, 0.29) is 22.8 Å². The van der Waals surface area contributed by atoms with E-state index in [1.807, 2.05) is 6.07 Å². The molecule has 0 saturated carbocycles. The molecule has 0 radical (unpaired) electrons. The van der Waals surface area contributed by atoms with Crippen LogP contribution in [-0.2, 0) is 24.5 Å². The number of hydrogen-bond acceptors (Lipinski definition) is 6. The predicted molar refractivity (Wildman–Crippen MR) is 87.1 cm³/mol. The molecule has 3 rings (SSSR count). The molecular formula is C16H12BrN3O4. The summed E-state index contributed by atoms with van der Waals surface area (Å²) in [6.07, 6.45) is 0. The van der Waals surface area contributed by atoms with Crippen molar-refractivity contribution in [2.45, 2.75) is 12.3 Å². The van der Waals surface area contributed by atoms with E-state index in [1.165, 1.54) is 14.0 Å². The first-order valence-electron chi connectivity index (χ1n) is 6.87. The summed E-state index contributed by atoms with van der Waals surface area (Å²) in [5.41, 5.74) is 4.86. The maximum Gasteiger partial charge on any atom is 0.339 e. The van der Waals surface area contributed by atoms with Crippen LogP contribution in [0, 0.1) is 11.3 Å². The van der Waals surface area contributed by atoms with Crippen LogP contribution in [0.2, 0.25) is 0 Å². The topological polar surface area (TPSA) is 114 Å². The Morgan fingerprint density at radius 1 is 1.50 bits per heavy atom. The van der Waals surface area contributed by atoms with E-state index in [2.05, 4.69) is 21.2 Å². The number of halogens is 1. The van der Waals surface area contributed by atoms with Crippen molar-refractivity contribution < 1.29 is 19.1 Å². The number of nitriles is 1. The zero-order chi connectivity index (χ0) is 17.6. The number of allylic oxidation sites excluding steroid dienone is 1. The fraction of sp³-hybridized carbons (Fsp3) is 0.188. The van der Waals surface area contributed by atoms with Gasteiger partial charge in [-0.05, 0) is 25.1 Å². The molecule has 24 heavy (non-hydrogen) atoms. The first kappa shape index (κ1) is 16.1. The molecule has 7 nitrogen and oxygen atoms in total. The standard InChI is InChI=1S/C16H12BrN3O4/c1-7-12(14(21)23-2)16(10(6-18)13(19)24-7)9-5-8(17)3-4-11(9)20-15(16)22/h3-5H,19H2,1-2H3,(H,20,22). The van der Waals surface area contributed by atoms with Gasteiger partial charge in [-0.2, -0.15) is 5.26 Å². The summed E-state index contributed by atoms with van der Waals surface area (Å²) in [6.45, 7) is 1.50. The molecule has 1 aromatic rings. The van der Waals surface area contributed by atoms with Gasteiger partial charge in [-0.3, -0.25) is 4.79 Å². The summed E-state index contributed by atoms with van der Waals surface area (Å²) in [7, 11) is 1.19. The van der Waals surface area contributed by atoms with Crippen LogP contribution in [0.4, 0.5) is 5.69 Å². The smallest absolute Gasteiger partial charge is 0.339 e. The van der Waals surface area contributed by atoms with E-state index in [4.69, 9.17) is 15.2 Å². The molecule has 1 atom stereocenters. The maximum atomic E-state index is 12.9. The number of fused-ring (bicyclic) bond motifs is 2. The molecule has 1 unspecified atom stereocenters. The fourth-order valence-corrected chi connectivity index (χ4v) is 3.51. The van der Waals surface area contributed by atoms with Crippen molar-refractivity contribution in [3.8, 4) is 6.07 Å². The number of hydrogen-bond donors (Lipinski definition) is 2. The Bertz CT molecular complexity index is 897. The average Bonchev–Trinajstić information content (AvgIpc) is 2.80. The van der Waals surface area contributed by atoms with Gasteiger partial charge in [-0.25, -0.2) is 4.79 Å². The first-order valence-corrected chi connectivity index (χ1v) is 7.66. The fourth-order valence-electron chi connectivity index (χ4n) is 3.15. The Kier molecular flexibility index (Phi) is 3.61. The molecule has 2 aliphatic rings. The molecular weight excluding hydrogens is 378 g/mol.